The lowest BCUT2D eigenvalue weighted by molar-refractivity contribution is -0.125. The molecule has 162 valence electrons. The van der Waals surface area contributed by atoms with E-state index in [1.807, 2.05) is 35.0 Å². The number of hydrogen-bond donors (Lipinski definition) is 0. The second-order valence-corrected chi connectivity index (χ2v) is 9.16. The number of nitriles is 1. The van der Waals surface area contributed by atoms with Crippen molar-refractivity contribution < 1.29 is 4.79 Å². The van der Waals surface area contributed by atoms with Crippen LogP contribution in [0.3, 0.4) is 0 Å². The van der Waals surface area contributed by atoms with Gasteiger partial charge >= 0.3 is 0 Å². The van der Waals surface area contributed by atoms with Gasteiger partial charge in [-0.1, -0.05) is 30.8 Å². The largest absolute Gasteiger partial charge is 0.370 e. The molecule has 2 saturated heterocycles. The lowest BCUT2D eigenvalue weighted by atomic mass is 9.86. The van der Waals surface area contributed by atoms with Gasteiger partial charge in [0.25, 0.3) is 0 Å². The fourth-order valence-electron chi connectivity index (χ4n) is 5.56. The smallest absolute Gasteiger partial charge is 0.245 e. The number of amides is 1. The molecule has 6 nitrogen and oxygen atoms in total. The molecule has 32 heavy (non-hydrogen) atoms. The first-order valence-electron chi connectivity index (χ1n) is 11.1. The Morgan fingerprint density at radius 1 is 1.22 bits per heavy atom. The summed E-state index contributed by atoms with van der Waals surface area (Å²) in [4.78, 5) is 16.3. The van der Waals surface area contributed by atoms with Crippen molar-refractivity contribution in [3.8, 4) is 17.2 Å². The summed E-state index contributed by atoms with van der Waals surface area (Å²) < 4.78 is 1.89. The first kappa shape index (κ1) is 20.3. The minimum atomic E-state index is 0.0137. The minimum Gasteiger partial charge on any atom is -0.370 e. The maximum absolute atomic E-state index is 12.1. The molecule has 1 spiro atoms. The topological polar surface area (TPSA) is 65.2 Å². The number of rotatable bonds is 3. The maximum atomic E-state index is 12.1. The number of aromatic nitrogens is 2. The van der Waals surface area contributed by atoms with Crippen LogP contribution in [-0.2, 0) is 11.8 Å². The summed E-state index contributed by atoms with van der Waals surface area (Å²) in [6.45, 7) is 9.02. The van der Waals surface area contributed by atoms with Gasteiger partial charge in [0.1, 0.15) is 6.07 Å². The summed E-state index contributed by atoms with van der Waals surface area (Å²) in [7, 11) is 1.95. The highest BCUT2D eigenvalue weighted by molar-refractivity contribution is 5.98. The molecule has 3 aromatic rings. The van der Waals surface area contributed by atoms with Crippen LogP contribution in [0.2, 0.25) is 0 Å². The molecule has 1 aromatic heterocycles. The molecule has 1 amide bonds. The number of hydrogen-bond acceptors (Lipinski definition) is 4. The van der Waals surface area contributed by atoms with Crippen LogP contribution >= 0.6 is 0 Å². The first-order chi connectivity index (χ1) is 15.5. The third kappa shape index (κ3) is 3.08. The molecule has 3 heterocycles. The summed E-state index contributed by atoms with van der Waals surface area (Å²) in [5.41, 5.74) is 5.98. The molecule has 2 fully saturated rings. The van der Waals surface area contributed by atoms with Crippen LogP contribution in [0.25, 0.3) is 22.0 Å². The van der Waals surface area contributed by atoms with E-state index in [0.717, 1.165) is 72.3 Å². The van der Waals surface area contributed by atoms with Gasteiger partial charge in [0.2, 0.25) is 5.91 Å². The minimum absolute atomic E-state index is 0.0137. The van der Waals surface area contributed by atoms with Crippen LogP contribution in [0.1, 0.15) is 24.0 Å². The van der Waals surface area contributed by atoms with Crippen molar-refractivity contribution in [1.29, 1.82) is 5.26 Å². The molecule has 1 unspecified atom stereocenters. The van der Waals surface area contributed by atoms with E-state index in [1.165, 1.54) is 6.08 Å². The Morgan fingerprint density at radius 3 is 2.81 bits per heavy atom. The van der Waals surface area contributed by atoms with Crippen molar-refractivity contribution >= 4 is 22.5 Å². The number of anilines is 1. The third-order valence-corrected chi connectivity index (χ3v) is 7.24. The number of likely N-dealkylation sites (tertiary alicyclic amines) is 1. The van der Waals surface area contributed by atoms with E-state index >= 15 is 0 Å². The average molecular weight is 426 g/mol. The number of nitrogens with zero attached hydrogens (tertiary/aromatic N) is 5. The highest BCUT2D eigenvalue weighted by Crippen LogP contribution is 2.44. The Kier molecular flexibility index (Phi) is 4.78. The van der Waals surface area contributed by atoms with E-state index in [0.29, 0.717) is 5.56 Å². The van der Waals surface area contributed by atoms with Crippen LogP contribution in [-0.4, -0.2) is 46.8 Å². The van der Waals surface area contributed by atoms with Crippen LogP contribution in [0.15, 0.2) is 49.2 Å². The van der Waals surface area contributed by atoms with E-state index < -0.39 is 0 Å². The summed E-state index contributed by atoms with van der Waals surface area (Å²) in [5.74, 6) is 0.0137. The van der Waals surface area contributed by atoms with Gasteiger partial charge in [-0.25, -0.2) is 0 Å². The predicted octanol–water partition coefficient (Wildman–Crippen LogP) is 4.04. The Bertz CT molecular complexity index is 1280. The zero-order valence-corrected chi connectivity index (χ0v) is 18.6. The van der Waals surface area contributed by atoms with Crippen molar-refractivity contribution in [3.05, 3.63) is 60.3 Å². The van der Waals surface area contributed by atoms with Gasteiger partial charge in [-0.05, 0) is 37.5 Å². The number of benzene rings is 2. The van der Waals surface area contributed by atoms with Crippen molar-refractivity contribution in [1.82, 2.24) is 14.7 Å². The second-order valence-electron chi connectivity index (χ2n) is 9.16. The predicted molar refractivity (Wildman–Crippen MR) is 126 cm³/mol. The van der Waals surface area contributed by atoms with Crippen molar-refractivity contribution in [2.24, 2.45) is 12.5 Å². The average Bonchev–Trinajstić information content (AvgIpc) is 3.52. The summed E-state index contributed by atoms with van der Waals surface area (Å²) >= 11 is 0. The van der Waals surface area contributed by atoms with Gasteiger partial charge < -0.3 is 9.80 Å². The zero-order valence-electron chi connectivity index (χ0n) is 18.6. The fraction of sp³-hybridized carbons (Fsp3) is 0.346. The number of fused-ring (bicyclic) bond motifs is 1. The van der Waals surface area contributed by atoms with E-state index in [9.17, 15) is 10.1 Å². The quantitative estimate of drug-likeness (QED) is 0.594. The molecule has 6 heteroatoms. The van der Waals surface area contributed by atoms with E-state index in [2.05, 4.69) is 47.8 Å². The highest BCUT2D eigenvalue weighted by Gasteiger charge is 2.44. The van der Waals surface area contributed by atoms with Gasteiger partial charge in [-0.2, -0.15) is 10.4 Å². The summed E-state index contributed by atoms with van der Waals surface area (Å²) in [5, 5.41) is 15.8. The zero-order chi connectivity index (χ0) is 22.5. The molecular formula is C26H27N5O. The van der Waals surface area contributed by atoms with E-state index in [1.54, 1.807) is 0 Å². The molecular weight excluding hydrogens is 398 g/mol. The van der Waals surface area contributed by atoms with Gasteiger partial charge in [0.15, 0.2) is 0 Å². The van der Waals surface area contributed by atoms with Crippen LogP contribution in [0, 0.1) is 23.7 Å². The highest BCUT2D eigenvalue weighted by atomic mass is 16.2. The Balaban J connectivity index is 1.54. The van der Waals surface area contributed by atoms with Gasteiger partial charge in [-0.3, -0.25) is 9.48 Å². The monoisotopic (exact) mass is 425 g/mol. The lowest BCUT2D eigenvalue weighted by Gasteiger charge is -2.26. The Labute approximate surface area is 188 Å². The molecule has 0 N–H and O–H groups in total. The van der Waals surface area contributed by atoms with E-state index in [-0.39, 0.29) is 11.3 Å². The summed E-state index contributed by atoms with van der Waals surface area (Å²) in [6.07, 6.45) is 5.30. The molecule has 1 atom stereocenters. The lowest BCUT2D eigenvalue weighted by Crippen LogP contribution is -2.33. The molecule has 2 aliphatic rings. The van der Waals surface area contributed by atoms with Crippen LogP contribution in [0.4, 0.5) is 5.69 Å². The second kappa shape index (κ2) is 7.52. The van der Waals surface area contributed by atoms with Gasteiger partial charge in [0, 0.05) is 55.2 Å². The molecule has 0 aliphatic carbocycles. The van der Waals surface area contributed by atoms with Gasteiger partial charge in [0.05, 0.1) is 23.0 Å². The molecule has 0 saturated carbocycles. The first-order valence-corrected chi connectivity index (χ1v) is 11.1. The number of carbonyl (C=O) groups is 1. The number of carbonyl (C=O) groups excluding carboxylic acids is 1. The number of aryl methyl sites for hydroxylation is 2. The van der Waals surface area contributed by atoms with Crippen molar-refractivity contribution in [2.45, 2.75) is 19.8 Å². The standard InChI is InChI=1S/C26H27N5O/c1-4-23(32)31-13-11-26(17-31)10-12-30(16-26)22-7-5-6-20(21(22)14-27)24-18(2)8-9-19-15-28-29(3)25(19)24/h4-9,15H,1,10-13,16-17H2,2-3H3. The Hall–Kier alpha value is -3.59. The van der Waals surface area contributed by atoms with Crippen molar-refractivity contribution in [2.75, 3.05) is 31.1 Å². The van der Waals surface area contributed by atoms with Gasteiger partial charge in [-0.15, -0.1) is 0 Å². The maximum Gasteiger partial charge on any atom is 0.245 e. The third-order valence-electron chi connectivity index (χ3n) is 7.24. The van der Waals surface area contributed by atoms with Crippen LogP contribution < -0.4 is 4.90 Å². The Morgan fingerprint density at radius 2 is 2.03 bits per heavy atom. The normalized spacial score (nSPS) is 20.3. The van der Waals surface area contributed by atoms with Crippen LogP contribution in [0.5, 0.6) is 0 Å². The molecule has 0 bridgehead atoms. The molecule has 0 radical (unpaired) electrons. The fourth-order valence-corrected chi connectivity index (χ4v) is 5.56. The molecule has 2 aliphatic heterocycles. The van der Waals surface area contributed by atoms with E-state index in [4.69, 9.17) is 0 Å². The van der Waals surface area contributed by atoms with Crippen molar-refractivity contribution in [3.63, 3.8) is 0 Å². The SMILES string of the molecule is C=CC(=O)N1CCC2(CCN(c3cccc(-c4c(C)ccc5cnn(C)c45)c3C#N)C2)C1. The summed E-state index contributed by atoms with van der Waals surface area (Å²) in [6, 6.07) is 12.8. The molecule has 5 rings (SSSR count). The molecule has 2 aromatic carbocycles.